The normalized spacial score (nSPS) is 39.9. The minimum absolute atomic E-state index is 0.0380. The summed E-state index contributed by atoms with van der Waals surface area (Å²) in [6.45, 7) is 10.4. The smallest absolute Gasteiger partial charge is 0.308 e. The molecule has 3 rings (SSSR count). The first kappa shape index (κ1) is 13.2. The van der Waals surface area contributed by atoms with Crippen molar-refractivity contribution in [3.63, 3.8) is 0 Å². The van der Waals surface area contributed by atoms with Crippen LogP contribution in [0.4, 0.5) is 0 Å². The summed E-state index contributed by atoms with van der Waals surface area (Å²) in [6, 6.07) is 0. The summed E-state index contributed by atoms with van der Waals surface area (Å²) in [6.07, 6.45) is 6.19. The quantitative estimate of drug-likeness (QED) is 0.568. The van der Waals surface area contributed by atoms with Crippen LogP contribution in [-0.4, -0.2) is 11.6 Å². The number of hydrogen-bond donors (Lipinski definition) is 0. The molecule has 0 bridgehead atoms. The minimum atomic E-state index is -0.330. The largest absolute Gasteiger partial charge is 0.459 e. The van der Waals surface area contributed by atoms with Crippen LogP contribution in [0.15, 0.2) is 11.6 Å². The van der Waals surface area contributed by atoms with Crippen molar-refractivity contribution >= 4 is 5.97 Å². The van der Waals surface area contributed by atoms with Crippen molar-refractivity contribution in [1.82, 2.24) is 0 Å². The lowest BCUT2D eigenvalue weighted by molar-refractivity contribution is -0.227. The maximum atomic E-state index is 12.0. The van der Waals surface area contributed by atoms with E-state index in [-0.39, 0.29) is 22.9 Å². The molecule has 0 aromatic heterocycles. The molecule has 0 heterocycles. The summed E-state index contributed by atoms with van der Waals surface area (Å²) in [7, 11) is 0. The van der Waals surface area contributed by atoms with Crippen LogP contribution in [0.1, 0.15) is 53.9 Å². The molecule has 2 fully saturated rings. The Balaban J connectivity index is 1.85. The molecule has 19 heavy (non-hydrogen) atoms. The summed E-state index contributed by atoms with van der Waals surface area (Å²) >= 11 is 0. The SMILES string of the molecule is CC1C=C2CC3CC(C(C)(C)OC(=O)C(C)C)(C1)C23. The standard InChI is InChI=1S/C17H26O2/c1-10(2)15(18)19-16(4,5)17-8-11(3)6-12-7-13(9-17)14(12)17/h6,10-11,13-14H,7-9H2,1-5H3. The third-order valence-corrected chi connectivity index (χ3v) is 5.80. The Labute approximate surface area is 116 Å². The fourth-order valence-electron chi connectivity index (χ4n) is 4.84. The lowest BCUT2D eigenvalue weighted by Crippen LogP contribution is -2.67. The van der Waals surface area contributed by atoms with Crippen molar-refractivity contribution in [3.8, 4) is 0 Å². The minimum Gasteiger partial charge on any atom is -0.459 e. The highest BCUT2D eigenvalue weighted by Crippen LogP contribution is 2.73. The van der Waals surface area contributed by atoms with Crippen molar-refractivity contribution in [2.45, 2.75) is 59.5 Å². The van der Waals surface area contributed by atoms with Crippen molar-refractivity contribution in [1.29, 1.82) is 0 Å². The molecule has 2 nitrogen and oxygen atoms in total. The van der Waals surface area contributed by atoms with Gasteiger partial charge in [-0.15, -0.1) is 0 Å². The highest BCUT2D eigenvalue weighted by atomic mass is 16.6. The van der Waals surface area contributed by atoms with E-state index in [1.54, 1.807) is 5.57 Å². The molecule has 106 valence electrons. The van der Waals surface area contributed by atoms with E-state index in [1.807, 2.05) is 13.8 Å². The van der Waals surface area contributed by atoms with Crippen LogP contribution in [-0.2, 0) is 9.53 Å². The summed E-state index contributed by atoms with van der Waals surface area (Å²) in [5, 5.41) is 0. The van der Waals surface area contributed by atoms with Gasteiger partial charge in [0.2, 0.25) is 0 Å². The van der Waals surface area contributed by atoms with Gasteiger partial charge in [0.15, 0.2) is 0 Å². The molecule has 0 N–H and O–H groups in total. The van der Waals surface area contributed by atoms with E-state index in [2.05, 4.69) is 26.8 Å². The molecule has 3 aliphatic carbocycles. The number of hydrogen-bond acceptors (Lipinski definition) is 2. The second-order valence-corrected chi connectivity index (χ2v) is 7.81. The van der Waals surface area contributed by atoms with Gasteiger partial charge in [0.05, 0.1) is 5.92 Å². The van der Waals surface area contributed by atoms with Gasteiger partial charge < -0.3 is 4.74 Å². The molecular weight excluding hydrogens is 236 g/mol. The summed E-state index contributed by atoms with van der Waals surface area (Å²) < 4.78 is 5.91. The topological polar surface area (TPSA) is 26.3 Å². The van der Waals surface area contributed by atoms with Crippen molar-refractivity contribution < 1.29 is 9.53 Å². The number of rotatable bonds is 3. The third kappa shape index (κ3) is 1.64. The van der Waals surface area contributed by atoms with Crippen LogP contribution in [0, 0.1) is 29.1 Å². The predicted molar refractivity (Wildman–Crippen MR) is 75.5 cm³/mol. The van der Waals surface area contributed by atoms with Crippen molar-refractivity contribution in [2.75, 3.05) is 0 Å². The van der Waals surface area contributed by atoms with Gasteiger partial charge in [-0.2, -0.15) is 0 Å². The molecule has 2 saturated carbocycles. The molecule has 0 spiro atoms. The van der Waals surface area contributed by atoms with E-state index in [1.165, 1.54) is 19.3 Å². The van der Waals surface area contributed by atoms with E-state index in [4.69, 9.17) is 4.74 Å². The molecule has 0 saturated heterocycles. The van der Waals surface area contributed by atoms with E-state index < -0.39 is 0 Å². The molecule has 0 aromatic rings. The molecule has 3 aliphatic rings. The number of ether oxygens (including phenoxy) is 1. The molecule has 0 amide bonds. The number of esters is 1. The van der Waals surface area contributed by atoms with Crippen LogP contribution in [0.25, 0.3) is 0 Å². The molecule has 0 aromatic carbocycles. The Kier molecular flexibility index (Phi) is 2.69. The summed E-state index contributed by atoms with van der Waals surface area (Å²) in [4.78, 5) is 12.0. The van der Waals surface area contributed by atoms with Gasteiger partial charge in [-0.3, -0.25) is 4.79 Å². The molecule has 0 radical (unpaired) electrons. The zero-order valence-corrected chi connectivity index (χ0v) is 12.8. The van der Waals surface area contributed by atoms with E-state index in [0.717, 1.165) is 5.92 Å². The first-order chi connectivity index (χ1) is 8.77. The molecule has 0 aliphatic heterocycles. The third-order valence-electron chi connectivity index (χ3n) is 5.80. The molecule has 2 heteroatoms. The Morgan fingerprint density at radius 2 is 2.11 bits per heavy atom. The van der Waals surface area contributed by atoms with Gasteiger partial charge in [-0.25, -0.2) is 0 Å². The Bertz CT molecular complexity index is 446. The van der Waals surface area contributed by atoms with E-state index >= 15 is 0 Å². The summed E-state index contributed by atoms with van der Waals surface area (Å²) in [5.74, 6) is 2.12. The van der Waals surface area contributed by atoms with Gasteiger partial charge in [-0.1, -0.05) is 32.4 Å². The van der Waals surface area contributed by atoms with E-state index in [9.17, 15) is 4.79 Å². The first-order valence-electron chi connectivity index (χ1n) is 7.70. The average molecular weight is 262 g/mol. The summed E-state index contributed by atoms with van der Waals surface area (Å²) in [5.41, 5.74) is 1.52. The monoisotopic (exact) mass is 262 g/mol. The second-order valence-electron chi connectivity index (χ2n) is 7.81. The molecule has 4 atom stereocenters. The lowest BCUT2D eigenvalue weighted by Gasteiger charge is -2.70. The van der Waals surface area contributed by atoms with Crippen LogP contribution in [0.2, 0.25) is 0 Å². The molecular formula is C17H26O2. The van der Waals surface area contributed by atoms with Crippen LogP contribution in [0.3, 0.4) is 0 Å². The number of allylic oxidation sites excluding steroid dienone is 2. The van der Waals surface area contributed by atoms with E-state index in [0.29, 0.717) is 11.8 Å². The Hall–Kier alpha value is -0.790. The lowest BCUT2D eigenvalue weighted by atomic mass is 9.35. The fraction of sp³-hybridized carbons (Fsp3) is 0.824. The Morgan fingerprint density at radius 3 is 2.68 bits per heavy atom. The van der Waals surface area contributed by atoms with Crippen LogP contribution >= 0.6 is 0 Å². The maximum absolute atomic E-state index is 12.0. The highest BCUT2D eigenvalue weighted by molar-refractivity contribution is 5.72. The van der Waals surface area contributed by atoms with Gasteiger partial charge in [0.25, 0.3) is 0 Å². The zero-order valence-electron chi connectivity index (χ0n) is 12.8. The van der Waals surface area contributed by atoms with Crippen molar-refractivity contribution in [2.24, 2.45) is 29.1 Å². The van der Waals surface area contributed by atoms with Crippen molar-refractivity contribution in [3.05, 3.63) is 11.6 Å². The van der Waals surface area contributed by atoms with Gasteiger partial charge in [0.1, 0.15) is 5.60 Å². The second kappa shape index (κ2) is 3.86. The Morgan fingerprint density at radius 1 is 1.42 bits per heavy atom. The fourth-order valence-corrected chi connectivity index (χ4v) is 4.84. The average Bonchev–Trinajstić information content (AvgIpc) is 2.21. The molecule has 4 unspecified atom stereocenters. The van der Waals surface area contributed by atoms with Gasteiger partial charge in [0, 0.05) is 5.41 Å². The van der Waals surface area contributed by atoms with Gasteiger partial charge in [-0.05, 0) is 50.9 Å². The predicted octanol–water partition coefficient (Wildman–Crippen LogP) is 3.96. The zero-order chi connectivity index (χ0) is 14.0. The maximum Gasteiger partial charge on any atom is 0.308 e. The number of carbonyl (C=O) groups excluding carboxylic acids is 1. The first-order valence-corrected chi connectivity index (χ1v) is 7.70. The van der Waals surface area contributed by atoms with Crippen LogP contribution in [0.5, 0.6) is 0 Å². The van der Waals surface area contributed by atoms with Gasteiger partial charge >= 0.3 is 5.97 Å². The highest BCUT2D eigenvalue weighted by Gasteiger charge is 2.68. The van der Waals surface area contributed by atoms with Crippen LogP contribution < -0.4 is 0 Å². The number of carbonyl (C=O) groups is 1.